The maximum Gasteiger partial charge on any atom is 0.306 e. The molecule has 2 N–H and O–H groups in total. The van der Waals surface area contributed by atoms with E-state index in [2.05, 4.69) is 19.9 Å². The topological polar surface area (TPSA) is 131 Å². The third-order valence-corrected chi connectivity index (χ3v) is 4.17. The van der Waals surface area contributed by atoms with Crippen LogP contribution in [0.15, 0.2) is 23.4 Å². The zero-order valence-electron chi connectivity index (χ0n) is 10.7. The summed E-state index contributed by atoms with van der Waals surface area (Å²) in [6.45, 7) is 1.17. The molecule has 0 spiro atoms. The van der Waals surface area contributed by atoms with Gasteiger partial charge in [-0.15, -0.1) is 0 Å². The fourth-order valence-electron chi connectivity index (χ4n) is 1.63. The van der Waals surface area contributed by atoms with Crippen molar-refractivity contribution < 1.29 is 17.7 Å². The van der Waals surface area contributed by atoms with Gasteiger partial charge in [0.15, 0.2) is 0 Å². The summed E-state index contributed by atoms with van der Waals surface area (Å²) in [6, 6.07) is 1.49. The van der Waals surface area contributed by atoms with Crippen LogP contribution in [0.1, 0.15) is 11.4 Å². The van der Waals surface area contributed by atoms with Gasteiger partial charge in [0, 0.05) is 6.07 Å². The molecule has 0 amide bonds. The minimum absolute atomic E-state index is 0.0585. The average Bonchev–Trinajstić information content (AvgIpc) is 2.88. The van der Waals surface area contributed by atoms with Crippen molar-refractivity contribution >= 4 is 15.7 Å². The first-order chi connectivity index (χ1) is 9.81. The number of H-pyrrole nitrogens is 1. The second kappa shape index (κ2) is 5.54. The number of nitro benzene ring substituents is 1. The van der Waals surface area contributed by atoms with Crippen molar-refractivity contribution in [1.82, 2.24) is 19.9 Å². The number of nitrogens with one attached hydrogen (secondary N) is 2. The molecule has 0 radical (unpaired) electrons. The first kappa shape index (κ1) is 15.0. The fourth-order valence-corrected chi connectivity index (χ4v) is 2.86. The number of aromatic amines is 1. The van der Waals surface area contributed by atoms with E-state index in [1.807, 2.05) is 0 Å². The molecule has 9 nitrogen and oxygen atoms in total. The predicted octanol–water partition coefficient (Wildman–Crippen LogP) is 0.639. The summed E-state index contributed by atoms with van der Waals surface area (Å²) in [5, 5.41) is 16.7. The van der Waals surface area contributed by atoms with Crippen LogP contribution in [-0.4, -0.2) is 28.5 Å². The van der Waals surface area contributed by atoms with Crippen LogP contribution in [0.4, 0.5) is 10.1 Å². The fraction of sp³-hybridized carbons (Fsp3) is 0.200. The SMILES string of the molecule is Cc1cc(F)c([N+](=O)[O-])cc1S(=O)(=O)NCc1ncn[nH]1. The smallest absolute Gasteiger partial charge is 0.262 e. The van der Waals surface area contributed by atoms with Gasteiger partial charge in [-0.05, 0) is 18.6 Å². The number of sulfonamides is 1. The minimum Gasteiger partial charge on any atom is -0.262 e. The Hall–Kier alpha value is -2.40. The number of nitro groups is 1. The summed E-state index contributed by atoms with van der Waals surface area (Å²) in [7, 11) is -4.05. The second-order valence-electron chi connectivity index (χ2n) is 4.08. The van der Waals surface area contributed by atoms with E-state index < -0.39 is 26.5 Å². The Bertz CT molecular complexity index is 775. The van der Waals surface area contributed by atoms with E-state index in [0.29, 0.717) is 6.07 Å². The molecule has 0 aliphatic heterocycles. The highest BCUT2D eigenvalue weighted by molar-refractivity contribution is 7.89. The van der Waals surface area contributed by atoms with Crippen LogP contribution in [0.25, 0.3) is 0 Å². The van der Waals surface area contributed by atoms with Crippen molar-refractivity contribution in [3.8, 4) is 0 Å². The monoisotopic (exact) mass is 315 g/mol. The molecule has 0 bridgehead atoms. The summed E-state index contributed by atoms with van der Waals surface area (Å²) >= 11 is 0. The summed E-state index contributed by atoms with van der Waals surface area (Å²) in [4.78, 5) is 13.1. The lowest BCUT2D eigenvalue weighted by Crippen LogP contribution is -2.24. The van der Waals surface area contributed by atoms with Gasteiger partial charge < -0.3 is 0 Å². The number of aromatic nitrogens is 3. The van der Waals surface area contributed by atoms with E-state index in [0.717, 1.165) is 6.07 Å². The second-order valence-corrected chi connectivity index (χ2v) is 5.82. The normalized spacial score (nSPS) is 11.5. The van der Waals surface area contributed by atoms with Gasteiger partial charge >= 0.3 is 5.69 Å². The molecule has 0 saturated heterocycles. The van der Waals surface area contributed by atoms with E-state index in [4.69, 9.17) is 0 Å². The Balaban J connectivity index is 2.35. The van der Waals surface area contributed by atoms with Crippen molar-refractivity contribution in [3.05, 3.63) is 45.8 Å². The van der Waals surface area contributed by atoms with Gasteiger partial charge in [0.1, 0.15) is 12.2 Å². The molecule has 11 heteroatoms. The number of hydrogen-bond donors (Lipinski definition) is 2. The van der Waals surface area contributed by atoms with E-state index in [1.54, 1.807) is 0 Å². The van der Waals surface area contributed by atoms with Gasteiger partial charge in [-0.1, -0.05) is 0 Å². The molecule has 0 aliphatic carbocycles. The van der Waals surface area contributed by atoms with Gasteiger partial charge in [-0.3, -0.25) is 15.2 Å². The predicted molar refractivity (Wildman–Crippen MR) is 68.2 cm³/mol. The Labute approximate surface area is 118 Å². The van der Waals surface area contributed by atoms with Crippen LogP contribution in [0.3, 0.4) is 0 Å². The zero-order chi connectivity index (χ0) is 15.6. The lowest BCUT2D eigenvalue weighted by molar-refractivity contribution is -0.387. The molecule has 1 aromatic heterocycles. The Morgan fingerprint density at radius 2 is 2.19 bits per heavy atom. The van der Waals surface area contributed by atoms with Crippen LogP contribution >= 0.6 is 0 Å². The van der Waals surface area contributed by atoms with Crippen molar-refractivity contribution in [2.75, 3.05) is 0 Å². The molecule has 1 heterocycles. The maximum atomic E-state index is 13.4. The number of nitrogens with zero attached hydrogens (tertiary/aromatic N) is 3. The molecule has 2 rings (SSSR count). The van der Waals surface area contributed by atoms with Crippen molar-refractivity contribution in [2.45, 2.75) is 18.4 Å². The molecule has 0 aliphatic rings. The summed E-state index contributed by atoms with van der Waals surface area (Å²) in [5.41, 5.74) is -0.844. The van der Waals surface area contributed by atoms with Gasteiger partial charge in [0.2, 0.25) is 15.8 Å². The summed E-state index contributed by atoms with van der Waals surface area (Å²) in [6.07, 6.45) is 1.21. The van der Waals surface area contributed by atoms with Gasteiger partial charge in [0.05, 0.1) is 16.4 Å². The Morgan fingerprint density at radius 3 is 2.76 bits per heavy atom. The molecule has 0 fully saturated rings. The number of benzene rings is 1. The van der Waals surface area contributed by atoms with Crippen LogP contribution < -0.4 is 4.72 Å². The third-order valence-electron chi connectivity index (χ3n) is 2.63. The van der Waals surface area contributed by atoms with Crippen molar-refractivity contribution in [2.24, 2.45) is 0 Å². The molecule has 112 valence electrons. The molecule has 0 atom stereocenters. The average molecular weight is 315 g/mol. The minimum atomic E-state index is -4.05. The molecule has 21 heavy (non-hydrogen) atoms. The van der Waals surface area contributed by atoms with E-state index in [-0.39, 0.29) is 22.8 Å². The van der Waals surface area contributed by atoms with E-state index in [1.165, 1.54) is 13.3 Å². The first-order valence-corrected chi connectivity index (χ1v) is 7.08. The molecule has 0 unspecified atom stereocenters. The lowest BCUT2D eigenvalue weighted by Gasteiger charge is -2.08. The molecule has 1 aromatic carbocycles. The van der Waals surface area contributed by atoms with Gasteiger partial charge in [0.25, 0.3) is 0 Å². The highest BCUT2D eigenvalue weighted by Crippen LogP contribution is 2.25. The third kappa shape index (κ3) is 3.20. The summed E-state index contributed by atoms with van der Waals surface area (Å²) in [5.74, 6) is -0.820. The Morgan fingerprint density at radius 1 is 1.48 bits per heavy atom. The van der Waals surface area contributed by atoms with Crippen LogP contribution in [-0.2, 0) is 16.6 Å². The van der Waals surface area contributed by atoms with Crippen molar-refractivity contribution in [1.29, 1.82) is 0 Å². The Kier molecular flexibility index (Phi) is 3.95. The number of rotatable bonds is 5. The quantitative estimate of drug-likeness (QED) is 0.615. The van der Waals surface area contributed by atoms with Gasteiger partial charge in [-0.25, -0.2) is 18.1 Å². The maximum absolute atomic E-state index is 13.4. The number of aryl methyl sites for hydroxylation is 1. The van der Waals surface area contributed by atoms with Gasteiger partial charge in [-0.2, -0.15) is 9.49 Å². The number of hydrogen-bond acceptors (Lipinski definition) is 6. The largest absolute Gasteiger partial charge is 0.306 e. The van der Waals surface area contributed by atoms with Crippen molar-refractivity contribution in [3.63, 3.8) is 0 Å². The van der Waals surface area contributed by atoms with Crippen LogP contribution in [0.5, 0.6) is 0 Å². The standard InChI is InChI=1S/C10H10FN5O4S/c1-6-2-7(11)8(16(17)18)3-9(6)21(19,20)14-4-10-12-5-13-15-10/h2-3,5,14H,4H2,1H3,(H,12,13,15). The van der Waals surface area contributed by atoms with Crippen LogP contribution in [0.2, 0.25) is 0 Å². The van der Waals surface area contributed by atoms with E-state index in [9.17, 15) is 22.9 Å². The summed E-state index contributed by atoms with van der Waals surface area (Å²) < 4.78 is 39.8. The zero-order valence-corrected chi connectivity index (χ0v) is 11.5. The van der Waals surface area contributed by atoms with Crippen LogP contribution in [0, 0.1) is 22.9 Å². The lowest BCUT2D eigenvalue weighted by atomic mass is 10.2. The number of halogens is 1. The molecular formula is C10H10FN5O4S. The first-order valence-electron chi connectivity index (χ1n) is 5.59. The molecule has 0 saturated carbocycles. The molecule has 2 aromatic rings. The molecular weight excluding hydrogens is 305 g/mol. The highest BCUT2D eigenvalue weighted by atomic mass is 32.2. The van der Waals surface area contributed by atoms with E-state index >= 15 is 0 Å². The highest BCUT2D eigenvalue weighted by Gasteiger charge is 2.24.